The molecule has 0 unspecified atom stereocenters. The summed E-state index contributed by atoms with van der Waals surface area (Å²) in [5.41, 5.74) is 5.13. The van der Waals surface area contributed by atoms with Crippen LogP contribution < -0.4 is 5.32 Å². The van der Waals surface area contributed by atoms with E-state index in [9.17, 15) is 9.59 Å². The summed E-state index contributed by atoms with van der Waals surface area (Å²) in [6, 6.07) is 24.0. The Morgan fingerprint density at radius 2 is 1.60 bits per heavy atom. The van der Waals surface area contributed by atoms with E-state index in [1.165, 1.54) is 7.11 Å². The highest BCUT2D eigenvalue weighted by Gasteiger charge is 2.15. The minimum Gasteiger partial charge on any atom is -0.465 e. The summed E-state index contributed by atoms with van der Waals surface area (Å²) in [5.74, 6) is -0.662. The molecule has 4 aromatic rings. The Balaban J connectivity index is 1.73. The summed E-state index contributed by atoms with van der Waals surface area (Å²) in [4.78, 5) is 29.5. The Morgan fingerprint density at radius 1 is 0.900 bits per heavy atom. The van der Waals surface area contributed by atoms with Gasteiger partial charge in [0.05, 0.1) is 29.4 Å². The number of rotatable bonds is 4. The number of anilines is 1. The maximum atomic E-state index is 13.1. The number of aromatic nitrogens is 1. The number of nitrogens with one attached hydrogen (secondary N) is 1. The molecule has 0 fully saturated rings. The minimum atomic E-state index is -0.420. The van der Waals surface area contributed by atoms with Crippen molar-refractivity contribution in [2.45, 2.75) is 6.92 Å². The molecule has 0 aliphatic rings. The first-order valence-electron chi connectivity index (χ1n) is 9.52. The first-order chi connectivity index (χ1) is 14.6. The van der Waals surface area contributed by atoms with E-state index in [1.807, 2.05) is 61.5 Å². The molecule has 4 rings (SSSR count). The number of hydrogen-bond acceptors (Lipinski definition) is 4. The first kappa shape index (κ1) is 19.3. The fraction of sp³-hybridized carbons (Fsp3) is 0.0800. The second-order valence-corrected chi connectivity index (χ2v) is 6.91. The topological polar surface area (TPSA) is 68.3 Å². The van der Waals surface area contributed by atoms with Gasteiger partial charge in [0.1, 0.15) is 0 Å². The lowest BCUT2D eigenvalue weighted by molar-refractivity contribution is 0.0600. The van der Waals surface area contributed by atoms with Crippen LogP contribution in [0, 0.1) is 6.92 Å². The number of hydrogen-bond donors (Lipinski definition) is 1. The van der Waals surface area contributed by atoms with Gasteiger partial charge in [-0.15, -0.1) is 0 Å². The van der Waals surface area contributed by atoms with Gasteiger partial charge in [-0.25, -0.2) is 9.78 Å². The van der Waals surface area contributed by atoms with Crippen LogP contribution in [-0.2, 0) is 4.74 Å². The number of para-hydroxylation sites is 1. The van der Waals surface area contributed by atoms with Gasteiger partial charge in [0.15, 0.2) is 0 Å². The zero-order valence-corrected chi connectivity index (χ0v) is 16.7. The molecule has 1 N–H and O–H groups in total. The van der Waals surface area contributed by atoms with E-state index < -0.39 is 5.97 Å². The number of aryl methyl sites for hydroxylation is 1. The lowest BCUT2D eigenvalue weighted by Crippen LogP contribution is -2.13. The SMILES string of the molecule is COC(=O)c1ccc(NC(=O)c2cc(-c3ccccc3C)nc3ccccc23)cc1. The van der Waals surface area contributed by atoms with Crippen molar-refractivity contribution in [2.24, 2.45) is 0 Å². The molecule has 0 bridgehead atoms. The van der Waals surface area contributed by atoms with Gasteiger partial charge in [0, 0.05) is 16.6 Å². The smallest absolute Gasteiger partial charge is 0.337 e. The first-order valence-corrected chi connectivity index (χ1v) is 9.52. The molecular weight excluding hydrogens is 376 g/mol. The number of benzene rings is 3. The molecule has 0 aliphatic carbocycles. The van der Waals surface area contributed by atoms with Gasteiger partial charge in [-0.05, 0) is 48.9 Å². The number of carbonyl (C=O) groups excluding carboxylic acids is 2. The summed E-state index contributed by atoms with van der Waals surface area (Å²) in [6.45, 7) is 2.02. The van der Waals surface area contributed by atoms with Crippen LogP contribution in [0.2, 0.25) is 0 Å². The van der Waals surface area contributed by atoms with E-state index in [0.29, 0.717) is 16.8 Å². The third kappa shape index (κ3) is 3.78. The highest BCUT2D eigenvalue weighted by atomic mass is 16.5. The predicted molar refractivity (Wildman–Crippen MR) is 118 cm³/mol. The summed E-state index contributed by atoms with van der Waals surface area (Å²) in [7, 11) is 1.33. The van der Waals surface area contributed by atoms with Crippen LogP contribution in [0.25, 0.3) is 22.2 Å². The van der Waals surface area contributed by atoms with Gasteiger partial charge in [-0.1, -0.05) is 42.5 Å². The fourth-order valence-electron chi connectivity index (χ4n) is 3.37. The molecule has 1 amide bonds. The molecule has 0 radical (unpaired) electrons. The molecule has 1 aromatic heterocycles. The molecule has 0 atom stereocenters. The number of amides is 1. The maximum Gasteiger partial charge on any atom is 0.337 e. The molecule has 148 valence electrons. The second-order valence-electron chi connectivity index (χ2n) is 6.91. The van der Waals surface area contributed by atoms with Gasteiger partial charge in [-0.3, -0.25) is 4.79 Å². The third-order valence-corrected chi connectivity index (χ3v) is 4.95. The minimum absolute atomic E-state index is 0.241. The second kappa shape index (κ2) is 8.17. The van der Waals surface area contributed by atoms with Gasteiger partial charge in [0.25, 0.3) is 5.91 Å². The zero-order valence-electron chi connectivity index (χ0n) is 16.7. The lowest BCUT2D eigenvalue weighted by Gasteiger charge is -2.12. The molecule has 5 heteroatoms. The Labute approximate surface area is 174 Å². The van der Waals surface area contributed by atoms with E-state index in [0.717, 1.165) is 27.7 Å². The maximum absolute atomic E-state index is 13.1. The Bertz CT molecular complexity index is 1250. The standard InChI is InChI=1S/C25H20N2O3/c1-16-7-3-4-8-19(16)23-15-21(20-9-5-6-10-22(20)27-23)24(28)26-18-13-11-17(12-14-18)25(29)30-2/h3-15H,1-2H3,(H,26,28). The number of fused-ring (bicyclic) bond motifs is 1. The van der Waals surface area contributed by atoms with Crippen molar-refractivity contribution in [3.05, 3.63) is 95.6 Å². The van der Waals surface area contributed by atoms with Gasteiger partial charge >= 0.3 is 5.97 Å². The number of carbonyl (C=O) groups is 2. The van der Waals surface area contributed by atoms with Gasteiger partial charge in [0.2, 0.25) is 0 Å². The van der Waals surface area contributed by atoms with Crippen molar-refractivity contribution in [3.8, 4) is 11.3 Å². The van der Waals surface area contributed by atoms with Crippen LogP contribution >= 0.6 is 0 Å². The van der Waals surface area contributed by atoms with Crippen molar-refractivity contribution >= 4 is 28.5 Å². The zero-order chi connectivity index (χ0) is 21.1. The Hall–Kier alpha value is -3.99. The van der Waals surface area contributed by atoms with Crippen LogP contribution in [-0.4, -0.2) is 24.0 Å². The molecule has 5 nitrogen and oxygen atoms in total. The van der Waals surface area contributed by atoms with Crippen LogP contribution in [0.4, 0.5) is 5.69 Å². The van der Waals surface area contributed by atoms with Gasteiger partial charge in [-0.2, -0.15) is 0 Å². The summed E-state index contributed by atoms with van der Waals surface area (Å²) in [5, 5.41) is 3.69. The highest BCUT2D eigenvalue weighted by Crippen LogP contribution is 2.27. The molecule has 1 heterocycles. The van der Waals surface area contributed by atoms with Gasteiger partial charge < -0.3 is 10.1 Å². The van der Waals surface area contributed by atoms with E-state index in [1.54, 1.807) is 24.3 Å². The molecule has 0 saturated heterocycles. The van der Waals surface area contributed by atoms with E-state index in [4.69, 9.17) is 9.72 Å². The molecule has 0 saturated carbocycles. The van der Waals surface area contributed by atoms with E-state index >= 15 is 0 Å². The summed E-state index contributed by atoms with van der Waals surface area (Å²) in [6.07, 6.45) is 0. The number of methoxy groups -OCH3 is 1. The van der Waals surface area contributed by atoms with Crippen molar-refractivity contribution < 1.29 is 14.3 Å². The quantitative estimate of drug-likeness (QED) is 0.479. The average molecular weight is 396 g/mol. The molecular formula is C25H20N2O3. The normalized spacial score (nSPS) is 10.6. The number of ether oxygens (including phenoxy) is 1. The highest BCUT2D eigenvalue weighted by molar-refractivity contribution is 6.13. The van der Waals surface area contributed by atoms with Crippen molar-refractivity contribution in [3.63, 3.8) is 0 Å². The Morgan fingerprint density at radius 3 is 2.33 bits per heavy atom. The summed E-state index contributed by atoms with van der Waals surface area (Å²) < 4.78 is 4.71. The average Bonchev–Trinajstić information content (AvgIpc) is 2.78. The number of pyridine rings is 1. The fourth-order valence-corrected chi connectivity index (χ4v) is 3.37. The van der Waals surface area contributed by atoms with Crippen LogP contribution in [0.3, 0.4) is 0 Å². The van der Waals surface area contributed by atoms with E-state index in [-0.39, 0.29) is 5.91 Å². The van der Waals surface area contributed by atoms with Crippen molar-refractivity contribution in [1.29, 1.82) is 0 Å². The van der Waals surface area contributed by atoms with Crippen molar-refractivity contribution in [1.82, 2.24) is 4.98 Å². The largest absolute Gasteiger partial charge is 0.465 e. The third-order valence-electron chi connectivity index (χ3n) is 4.95. The molecule has 30 heavy (non-hydrogen) atoms. The molecule has 3 aromatic carbocycles. The molecule has 0 aliphatic heterocycles. The summed E-state index contributed by atoms with van der Waals surface area (Å²) >= 11 is 0. The monoisotopic (exact) mass is 396 g/mol. The van der Waals surface area contributed by atoms with E-state index in [2.05, 4.69) is 5.32 Å². The Kier molecular flexibility index (Phi) is 5.26. The van der Waals surface area contributed by atoms with Crippen LogP contribution in [0.5, 0.6) is 0 Å². The number of nitrogens with zero attached hydrogens (tertiary/aromatic N) is 1. The molecule has 0 spiro atoms. The van der Waals surface area contributed by atoms with Crippen LogP contribution in [0.15, 0.2) is 78.9 Å². The lowest BCUT2D eigenvalue weighted by atomic mass is 10.0. The predicted octanol–water partition coefficient (Wildman–Crippen LogP) is 5.25. The number of esters is 1. The van der Waals surface area contributed by atoms with Crippen molar-refractivity contribution in [2.75, 3.05) is 12.4 Å². The van der Waals surface area contributed by atoms with Crippen LogP contribution in [0.1, 0.15) is 26.3 Å².